The average Bonchev–Trinajstić information content (AvgIpc) is 2.84. The lowest BCUT2D eigenvalue weighted by atomic mass is 10.1. The maximum absolute atomic E-state index is 12.0. The molecule has 0 bridgehead atoms. The van der Waals surface area contributed by atoms with E-state index in [0.29, 0.717) is 17.2 Å². The minimum absolute atomic E-state index is 0.0633. The first-order valence-electron chi connectivity index (χ1n) is 7.40. The first-order valence-corrected chi connectivity index (χ1v) is 7.40. The second-order valence-corrected chi connectivity index (χ2v) is 6.48. The Balaban J connectivity index is 2.17. The van der Waals surface area contributed by atoms with Gasteiger partial charge >= 0.3 is 6.09 Å². The van der Waals surface area contributed by atoms with E-state index in [9.17, 15) is 9.59 Å². The van der Waals surface area contributed by atoms with E-state index in [1.165, 1.54) is 4.52 Å². The first-order chi connectivity index (χ1) is 10.7. The molecule has 2 rings (SSSR count). The standard InChI is InChI=1S/C15H21N5O3/c1-9(2)13(21)10-6-7-11-17-18-12(20(11)19-10)8-16-14(22)23-15(3,4)5/h6-7,9H,8H2,1-5H3,(H,16,22). The van der Waals surface area contributed by atoms with Gasteiger partial charge in [-0.1, -0.05) is 13.8 Å². The van der Waals surface area contributed by atoms with Gasteiger partial charge in [0.1, 0.15) is 11.3 Å². The smallest absolute Gasteiger partial charge is 0.408 e. The quantitative estimate of drug-likeness (QED) is 0.865. The molecule has 1 N–H and O–H groups in total. The summed E-state index contributed by atoms with van der Waals surface area (Å²) < 4.78 is 6.61. The van der Waals surface area contributed by atoms with Crippen molar-refractivity contribution in [1.29, 1.82) is 0 Å². The highest BCUT2D eigenvalue weighted by Gasteiger charge is 2.18. The van der Waals surface area contributed by atoms with Crippen molar-refractivity contribution in [1.82, 2.24) is 25.1 Å². The fourth-order valence-corrected chi connectivity index (χ4v) is 1.84. The number of nitrogens with one attached hydrogen (secondary N) is 1. The molecular weight excluding hydrogens is 298 g/mol. The van der Waals surface area contributed by atoms with Crippen LogP contribution in [-0.2, 0) is 11.3 Å². The number of carbonyl (C=O) groups excluding carboxylic acids is 2. The number of aromatic nitrogens is 4. The van der Waals surface area contributed by atoms with E-state index in [1.54, 1.807) is 32.9 Å². The van der Waals surface area contributed by atoms with Crippen LogP contribution < -0.4 is 5.32 Å². The van der Waals surface area contributed by atoms with Crippen molar-refractivity contribution < 1.29 is 14.3 Å². The van der Waals surface area contributed by atoms with Gasteiger partial charge < -0.3 is 10.1 Å². The molecule has 8 heteroatoms. The van der Waals surface area contributed by atoms with Gasteiger partial charge in [0.05, 0.1) is 6.54 Å². The number of ketones is 1. The lowest BCUT2D eigenvalue weighted by molar-refractivity contribution is 0.0521. The summed E-state index contributed by atoms with van der Waals surface area (Å²) >= 11 is 0. The molecule has 0 aliphatic heterocycles. The highest BCUT2D eigenvalue weighted by Crippen LogP contribution is 2.09. The van der Waals surface area contributed by atoms with E-state index in [0.717, 1.165) is 0 Å². The molecule has 2 aromatic heterocycles. The summed E-state index contributed by atoms with van der Waals surface area (Å²) in [4.78, 5) is 23.7. The number of fused-ring (bicyclic) bond motifs is 1. The largest absolute Gasteiger partial charge is 0.444 e. The number of alkyl carbamates (subject to hydrolysis) is 1. The highest BCUT2D eigenvalue weighted by molar-refractivity contribution is 5.95. The SMILES string of the molecule is CC(C)C(=O)c1ccc2nnc(CNC(=O)OC(C)(C)C)n2n1. The summed E-state index contributed by atoms with van der Waals surface area (Å²) in [5.41, 5.74) is 0.267. The van der Waals surface area contributed by atoms with Crippen molar-refractivity contribution in [3.8, 4) is 0 Å². The number of amides is 1. The summed E-state index contributed by atoms with van der Waals surface area (Å²) in [6.45, 7) is 9.07. The Kier molecular flexibility index (Phi) is 4.63. The van der Waals surface area contributed by atoms with Crippen LogP contribution in [0.15, 0.2) is 12.1 Å². The van der Waals surface area contributed by atoms with E-state index in [-0.39, 0.29) is 18.2 Å². The van der Waals surface area contributed by atoms with Gasteiger partial charge in [-0.2, -0.15) is 9.61 Å². The third kappa shape index (κ3) is 4.24. The van der Waals surface area contributed by atoms with Crippen molar-refractivity contribution in [3.63, 3.8) is 0 Å². The molecule has 124 valence electrons. The Morgan fingerprint density at radius 2 is 1.96 bits per heavy atom. The maximum Gasteiger partial charge on any atom is 0.408 e. The second-order valence-electron chi connectivity index (χ2n) is 6.48. The molecule has 2 heterocycles. The highest BCUT2D eigenvalue weighted by atomic mass is 16.6. The zero-order valence-electron chi connectivity index (χ0n) is 14.0. The molecule has 0 fully saturated rings. The number of nitrogens with zero attached hydrogens (tertiary/aromatic N) is 4. The Labute approximate surface area is 134 Å². The molecule has 2 aromatic rings. The normalized spacial score (nSPS) is 11.7. The van der Waals surface area contributed by atoms with E-state index >= 15 is 0 Å². The molecule has 0 unspecified atom stereocenters. The van der Waals surface area contributed by atoms with Gasteiger partial charge in [-0.05, 0) is 32.9 Å². The molecule has 0 saturated carbocycles. The van der Waals surface area contributed by atoms with Crippen LogP contribution in [0, 0.1) is 5.92 Å². The van der Waals surface area contributed by atoms with E-state index in [1.807, 2.05) is 13.8 Å². The summed E-state index contributed by atoms with van der Waals surface area (Å²) in [6, 6.07) is 3.30. The molecule has 23 heavy (non-hydrogen) atoms. The predicted molar refractivity (Wildman–Crippen MR) is 83.0 cm³/mol. The monoisotopic (exact) mass is 319 g/mol. The summed E-state index contributed by atoms with van der Waals surface area (Å²) in [5.74, 6) is 0.204. The van der Waals surface area contributed by atoms with Gasteiger partial charge in [0, 0.05) is 5.92 Å². The van der Waals surface area contributed by atoms with E-state index in [4.69, 9.17) is 4.74 Å². The number of hydrogen-bond donors (Lipinski definition) is 1. The van der Waals surface area contributed by atoms with Crippen LogP contribution in [0.4, 0.5) is 4.79 Å². The minimum Gasteiger partial charge on any atom is -0.444 e. The summed E-state index contributed by atoms with van der Waals surface area (Å²) in [7, 11) is 0. The summed E-state index contributed by atoms with van der Waals surface area (Å²) in [6.07, 6.45) is -0.552. The Morgan fingerprint density at radius 1 is 1.26 bits per heavy atom. The number of rotatable bonds is 4. The van der Waals surface area contributed by atoms with Crippen LogP contribution in [-0.4, -0.2) is 37.3 Å². The van der Waals surface area contributed by atoms with Gasteiger partial charge in [-0.25, -0.2) is 4.79 Å². The Hall–Kier alpha value is -2.51. The number of ether oxygens (including phenoxy) is 1. The second kappa shape index (κ2) is 6.31. The Morgan fingerprint density at radius 3 is 2.57 bits per heavy atom. The molecular formula is C15H21N5O3. The van der Waals surface area contributed by atoms with Crippen LogP contribution in [0.5, 0.6) is 0 Å². The fourth-order valence-electron chi connectivity index (χ4n) is 1.84. The van der Waals surface area contributed by atoms with Gasteiger partial charge in [0.15, 0.2) is 17.3 Å². The molecule has 0 aliphatic carbocycles. The molecule has 8 nitrogen and oxygen atoms in total. The molecule has 0 spiro atoms. The lowest BCUT2D eigenvalue weighted by Gasteiger charge is -2.19. The van der Waals surface area contributed by atoms with Crippen LogP contribution in [0.3, 0.4) is 0 Å². The Bertz CT molecular complexity index is 730. The van der Waals surface area contributed by atoms with Crippen molar-refractivity contribution in [2.24, 2.45) is 5.92 Å². The zero-order valence-corrected chi connectivity index (χ0v) is 14.0. The van der Waals surface area contributed by atoms with Crippen LogP contribution >= 0.6 is 0 Å². The molecule has 0 aromatic carbocycles. The summed E-state index contributed by atoms with van der Waals surface area (Å²) in [5, 5.41) is 14.8. The van der Waals surface area contributed by atoms with Crippen molar-refractivity contribution in [2.45, 2.75) is 46.8 Å². The van der Waals surface area contributed by atoms with Gasteiger partial charge in [0.2, 0.25) is 0 Å². The van der Waals surface area contributed by atoms with Crippen LogP contribution in [0.2, 0.25) is 0 Å². The molecule has 1 amide bonds. The molecule has 0 aliphatic rings. The number of carbonyl (C=O) groups is 2. The zero-order chi connectivity index (χ0) is 17.2. The third-order valence-electron chi connectivity index (χ3n) is 2.89. The van der Waals surface area contributed by atoms with Crippen molar-refractivity contribution in [3.05, 3.63) is 23.7 Å². The van der Waals surface area contributed by atoms with Gasteiger partial charge in [-0.3, -0.25) is 4.79 Å². The molecule has 0 atom stereocenters. The van der Waals surface area contributed by atoms with Crippen molar-refractivity contribution in [2.75, 3.05) is 0 Å². The number of Topliss-reactive ketones (excluding diaryl/α,β-unsaturated/α-hetero) is 1. The third-order valence-corrected chi connectivity index (χ3v) is 2.89. The molecule has 0 saturated heterocycles. The fraction of sp³-hybridized carbons (Fsp3) is 0.533. The first kappa shape index (κ1) is 16.9. The number of hydrogen-bond acceptors (Lipinski definition) is 6. The van der Waals surface area contributed by atoms with Crippen LogP contribution in [0.25, 0.3) is 5.65 Å². The maximum atomic E-state index is 12.0. The van der Waals surface area contributed by atoms with Gasteiger partial charge in [0.25, 0.3) is 0 Å². The van der Waals surface area contributed by atoms with Gasteiger partial charge in [-0.15, -0.1) is 10.2 Å². The van der Waals surface area contributed by atoms with E-state index in [2.05, 4.69) is 20.6 Å². The minimum atomic E-state index is -0.577. The van der Waals surface area contributed by atoms with E-state index < -0.39 is 11.7 Å². The average molecular weight is 319 g/mol. The predicted octanol–water partition coefficient (Wildman–Crippen LogP) is 1.99. The lowest BCUT2D eigenvalue weighted by Crippen LogP contribution is -2.32. The van der Waals surface area contributed by atoms with Crippen molar-refractivity contribution >= 4 is 17.5 Å². The molecule has 0 radical (unpaired) electrons. The topological polar surface area (TPSA) is 98.5 Å². The van der Waals surface area contributed by atoms with Crippen LogP contribution in [0.1, 0.15) is 50.9 Å².